The van der Waals surface area contributed by atoms with E-state index in [9.17, 15) is 14.4 Å². The Balaban J connectivity index is 1.04. The van der Waals surface area contributed by atoms with Gasteiger partial charge in [-0.25, -0.2) is 4.98 Å². The molecule has 2 amide bonds. The van der Waals surface area contributed by atoms with Crippen molar-refractivity contribution >= 4 is 46.1 Å². The van der Waals surface area contributed by atoms with Gasteiger partial charge in [-0.15, -0.1) is 11.8 Å². The molecule has 228 valence electrons. The van der Waals surface area contributed by atoms with Crippen molar-refractivity contribution in [1.82, 2.24) is 24.7 Å². The molecule has 2 fully saturated rings. The number of hydrogen-bond donors (Lipinski definition) is 1. The average Bonchev–Trinajstić information content (AvgIpc) is 3.02. The number of thioether (sulfide) groups is 1. The Morgan fingerprint density at radius 1 is 0.932 bits per heavy atom. The molecule has 0 aliphatic carbocycles. The first kappa shape index (κ1) is 30.5. The number of imide groups is 1. The lowest BCUT2D eigenvalue weighted by Gasteiger charge is -2.35. The molecule has 0 radical (unpaired) electrons. The second kappa shape index (κ2) is 13.6. The summed E-state index contributed by atoms with van der Waals surface area (Å²) in [6, 6.07) is 21.7. The number of piperazine rings is 1. The first-order chi connectivity index (χ1) is 21.4. The molecule has 44 heavy (non-hydrogen) atoms. The molecule has 2 aliphatic heterocycles. The van der Waals surface area contributed by atoms with Crippen LogP contribution in [0.2, 0.25) is 5.02 Å². The highest BCUT2D eigenvalue weighted by molar-refractivity contribution is 7.99. The summed E-state index contributed by atoms with van der Waals surface area (Å²) >= 11 is 7.77. The Hall–Kier alpha value is -3.50. The second-order valence-electron chi connectivity index (χ2n) is 11.4. The zero-order chi connectivity index (χ0) is 30.6. The van der Waals surface area contributed by atoms with Crippen molar-refractivity contribution in [2.24, 2.45) is 0 Å². The number of piperidine rings is 1. The molecule has 0 bridgehead atoms. The summed E-state index contributed by atoms with van der Waals surface area (Å²) in [5.74, 6) is 0.609. The molecule has 6 rings (SSSR count). The standard InChI is InChI=1S/C34H36ClN5O3S/c1-23-36-28-8-4-9-30(32(28)34(43)40(23)29-14-15-31(41)37-33(29)42)44-21-5-16-38-17-19-39(20-18-38)22-25-6-2-3-7-27(25)24-10-12-26(35)13-11-24/h2-4,6-13,29H,5,14-22H2,1H3,(H,37,41,42). The Morgan fingerprint density at radius 3 is 2.45 bits per heavy atom. The number of nitrogens with one attached hydrogen (secondary N) is 1. The van der Waals surface area contributed by atoms with Crippen molar-refractivity contribution in [3.05, 3.63) is 93.5 Å². The maximum atomic E-state index is 13.7. The molecule has 1 unspecified atom stereocenters. The van der Waals surface area contributed by atoms with Crippen LogP contribution in [0.1, 0.15) is 36.7 Å². The Kier molecular flexibility index (Phi) is 9.47. The summed E-state index contributed by atoms with van der Waals surface area (Å²) in [6.07, 6.45) is 1.51. The van der Waals surface area contributed by atoms with Crippen LogP contribution in [0.15, 0.2) is 76.4 Å². The van der Waals surface area contributed by atoms with Crippen LogP contribution in [-0.2, 0) is 16.1 Å². The van der Waals surface area contributed by atoms with Crippen LogP contribution in [0.25, 0.3) is 22.0 Å². The molecule has 2 saturated heterocycles. The van der Waals surface area contributed by atoms with Crippen LogP contribution in [0.5, 0.6) is 0 Å². The van der Waals surface area contributed by atoms with E-state index in [1.807, 2.05) is 30.3 Å². The minimum Gasteiger partial charge on any atom is -0.301 e. The van der Waals surface area contributed by atoms with Crippen molar-refractivity contribution in [3.63, 3.8) is 0 Å². The lowest BCUT2D eigenvalue weighted by Crippen LogP contribution is -2.46. The van der Waals surface area contributed by atoms with Gasteiger partial charge in [0.25, 0.3) is 5.56 Å². The lowest BCUT2D eigenvalue weighted by molar-refractivity contribution is -0.135. The molecule has 2 aliphatic rings. The third-order valence-electron chi connectivity index (χ3n) is 8.50. The summed E-state index contributed by atoms with van der Waals surface area (Å²) in [5.41, 5.74) is 4.18. The first-order valence-electron chi connectivity index (χ1n) is 15.1. The molecular weight excluding hydrogens is 594 g/mol. The SMILES string of the molecule is Cc1nc2cccc(SCCCN3CCN(Cc4ccccc4-c4ccc(Cl)cc4)CC3)c2c(=O)n1C1CCC(=O)NC1=O. The lowest BCUT2D eigenvalue weighted by atomic mass is 9.99. The van der Waals surface area contributed by atoms with E-state index in [0.717, 1.165) is 61.4 Å². The fourth-order valence-corrected chi connectivity index (χ4v) is 7.32. The monoisotopic (exact) mass is 629 g/mol. The number of aromatic nitrogens is 2. The van der Waals surface area contributed by atoms with E-state index in [1.165, 1.54) is 21.3 Å². The molecule has 10 heteroatoms. The molecule has 3 heterocycles. The van der Waals surface area contributed by atoms with Gasteiger partial charge in [-0.3, -0.25) is 29.2 Å². The summed E-state index contributed by atoms with van der Waals surface area (Å²) in [4.78, 5) is 48.5. The predicted molar refractivity (Wildman–Crippen MR) is 176 cm³/mol. The van der Waals surface area contributed by atoms with Gasteiger partial charge in [0.15, 0.2) is 0 Å². The second-order valence-corrected chi connectivity index (χ2v) is 13.0. The smallest absolute Gasteiger partial charge is 0.263 e. The van der Waals surface area contributed by atoms with Crippen LogP contribution < -0.4 is 10.9 Å². The van der Waals surface area contributed by atoms with Crippen LogP contribution in [0.3, 0.4) is 0 Å². The van der Waals surface area contributed by atoms with Gasteiger partial charge in [-0.2, -0.15) is 0 Å². The molecule has 0 saturated carbocycles. The number of hydrogen-bond acceptors (Lipinski definition) is 7. The summed E-state index contributed by atoms with van der Waals surface area (Å²) in [7, 11) is 0. The molecule has 1 N–H and O–H groups in total. The highest BCUT2D eigenvalue weighted by Crippen LogP contribution is 2.28. The Morgan fingerprint density at radius 2 is 1.68 bits per heavy atom. The average molecular weight is 630 g/mol. The Bertz CT molecular complexity index is 1730. The minimum absolute atomic E-state index is 0.210. The predicted octanol–water partition coefficient (Wildman–Crippen LogP) is 5.30. The van der Waals surface area contributed by atoms with Gasteiger partial charge in [0.2, 0.25) is 11.8 Å². The van der Waals surface area contributed by atoms with Gasteiger partial charge in [-0.05, 0) is 73.0 Å². The number of carbonyl (C=O) groups is 2. The first-order valence-corrected chi connectivity index (χ1v) is 16.5. The number of rotatable bonds is 9. The van der Waals surface area contributed by atoms with E-state index in [1.54, 1.807) is 18.7 Å². The minimum atomic E-state index is -0.722. The molecular formula is C34H36ClN5O3S. The molecule has 3 aromatic carbocycles. The number of carbonyl (C=O) groups excluding carboxylic acids is 2. The van der Waals surface area contributed by atoms with Crippen molar-refractivity contribution in [2.75, 3.05) is 38.5 Å². The maximum absolute atomic E-state index is 13.7. The zero-order valence-electron chi connectivity index (χ0n) is 24.8. The van der Waals surface area contributed by atoms with Gasteiger partial charge >= 0.3 is 0 Å². The Labute approximate surface area is 266 Å². The third kappa shape index (κ3) is 6.76. The van der Waals surface area contributed by atoms with Crippen molar-refractivity contribution in [3.8, 4) is 11.1 Å². The van der Waals surface area contributed by atoms with E-state index in [-0.39, 0.29) is 17.9 Å². The van der Waals surface area contributed by atoms with Crippen LogP contribution >= 0.6 is 23.4 Å². The highest BCUT2D eigenvalue weighted by atomic mass is 35.5. The number of amides is 2. The number of fused-ring (bicyclic) bond motifs is 1. The number of halogens is 1. The van der Waals surface area contributed by atoms with Crippen LogP contribution in [-0.4, -0.2) is 69.6 Å². The van der Waals surface area contributed by atoms with Crippen molar-refractivity contribution < 1.29 is 9.59 Å². The van der Waals surface area contributed by atoms with Gasteiger partial charge in [0.05, 0.1) is 10.9 Å². The maximum Gasteiger partial charge on any atom is 0.263 e. The molecule has 0 spiro atoms. The van der Waals surface area contributed by atoms with Gasteiger partial charge < -0.3 is 4.90 Å². The summed E-state index contributed by atoms with van der Waals surface area (Å²) < 4.78 is 1.46. The largest absolute Gasteiger partial charge is 0.301 e. The highest BCUT2D eigenvalue weighted by Gasteiger charge is 2.31. The third-order valence-corrected chi connectivity index (χ3v) is 9.89. The van der Waals surface area contributed by atoms with E-state index >= 15 is 0 Å². The normalized spacial score (nSPS) is 18.1. The van der Waals surface area contributed by atoms with E-state index in [2.05, 4.69) is 56.5 Å². The van der Waals surface area contributed by atoms with E-state index in [4.69, 9.17) is 11.6 Å². The number of aryl methyl sites for hydroxylation is 1. The van der Waals surface area contributed by atoms with E-state index in [0.29, 0.717) is 23.1 Å². The van der Waals surface area contributed by atoms with Gasteiger partial charge in [0.1, 0.15) is 11.9 Å². The zero-order valence-corrected chi connectivity index (χ0v) is 26.4. The van der Waals surface area contributed by atoms with Crippen LogP contribution in [0.4, 0.5) is 0 Å². The quantitative estimate of drug-likeness (QED) is 0.153. The molecule has 8 nitrogen and oxygen atoms in total. The van der Waals surface area contributed by atoms with Crippen molar-refractivity contribution in [1.29, 1.82) is 0 Å². The number of benzene rings is 3. The fourth-order valence-electron chi connectivity index (χ4n) is 6.19. The van der Waals surface area contributed by atoms with Crippen molar-refractivity contribution in [2.45, 2.75) is 43.7 Å². The number of nitrogens with zero attached hydrogens (tertiary/aromatic N) is 4. The summed E-state index contributed by atoms with van der Waals surface area (Å²) in [5, 5.41) is 3.65. The van der Waals surface area contributed by atoms with Crippen LogP contribution in [0, 0.1) is 6.92 Å². The summed E-state index contributed by atoms with van der Waals surface area (Å²) in [6.45, 7) is 7.78. The fraction of sp³-hybridized carbons (Fsp3) is 0.353. The topological polar surface area (TPSA) is 87.5 Å². The molecule has 1 atom stereocenters. The van der Waals surface area contributed by atoms with E-state index < -0.39 is 11.9 Å². The van der Waals surface area contributed by atoms with Gasteiger partial charge in [-0.1, -0.05) is 54.1 Å². The molecule has 4 aromatic rings. The van der Waals surface area contributed by atoms with Gasteiger partial charge in [0, 0.05) is 49.1 Å². The molecule has 1 aromatic heterocycles.